The van der Waals surface area contributed by atoms with Gasteiger partial charge in [0.25, 0.3) is 0 Å². The number of benzene rings is 2. The molecule has 2 atom stereocenters. The molecule has 6 nitrogen and oxygen atoms in total. The number of allylic oxidation sites excluding steroid dienone is 1. The minimum atomic E-state index is -0.778. The van der Waals surface area contributed by atoms with Gasteiger partial charge in [-0.25, -0.2) is 0 Å². The Balaban J connectivity index is 1.33. The zero-order chi connectivity index (χ0) is 23.0. The lowest BCUT2D eigenvalue weighted by Gasteiger charge is -2.45. The molecule has 0 saturated carbocycles. The molecule has 2 amide bonds. The van der Waals surface area contributed by atoms with Crippen LogP contribution in [-0.4, -0.2) is 35.8 Å². The lowest BCUT2D eigenvalue weighted by Crippen LogP contribution is -2.53. The molecule has 2 aromatic rings. The zero-order valence-electron chi connectivity index (χ0n) is 19.1. The fourth-order valence-electron chi connectivity index (χ4n) is 5.99. The number of hydrogen-bond acceptors (Lipinski definition) is 4. The Bertz CT molecular complexity index is 1150. The van der Waals surface area contributed by atoms with Crippen LogP contribution in [-0.2, 0) is 25.7 Å². The molecule has 1 saturated heterocycles. The Morgan fingerprint density at radius 3 is 2.82 bits per heavy atom. The van der Waals surface area contributed by atoms with E-state index < -0.39 is 11.3 Å². The predicted octanol–water partition coefficient (Wildman–Crippen LogP) is 4.09. The molecule has 1 aliphatic carbocycles. The molecule has 5 rings (SSSR count). The van der Waals surface area contributed by atoms with E-state index in [0.29, 0.717) is 32.5 Å². The zero-order valence-corrected chi connectivity index (χ0v) is 19.1. The van der Waals surface area contributed by atoms with Gasteiger partial charge in [0, 0.05) is 31.1 Å². The third-order valence-electron chi connectivity index (χ3n) is 7.44. The second-order valence-electron chi connectivity index (χ2n) is 9.37. The first-order chi connectivity index (χ1) is 16.0. The summed E-state index contributed by atoms with van der Waals surface area (Å²) in [5.74, 6) is -0.939. The van der Waals surface area contributed by atoms with Crippen LogP contribution >= 0.6 is 0 Å². The van der Waals surface area contributed by atoms with Gasteiger partial charge >= 0.3 is 5.97 Å². The topological polar surface area (TPSA) is 75.7 Å². The van der Waals surface area contributed by atoms with Crippen LogP contribution in [0.1, 0.15) is 51.0 Å². The monoisotopic (exact) mass is 446 g/mol. The summed E-state index contributed by atoms with van der Waals surface area (Å²) in [6.45, 7) is 3.15. The molecule has 0 radical (unpaired) electrons. The first-order valence-corrected chi connectivity index (χ1v) is 12.0. The molecule has 2 heterocycles. The molecule has 33 heavy (non-hydrogen) atoms. The van der Waals surface area contributed by atoms with Gasteiger partial charge in [0.05, 0.1) is 6.61 Å². The van der Waals surface area contributed by atoms with Crippen molar-refractivity contribution in [3.05, 3.63) is 59.3 Å². The highest BCUT2D eigenvalue weighted by atomic mass is 16.5. The highest BCUT2D eigenvalue weighted by Gasteiger charge is 2.57. The molecule has 1 fully saturated rings. The number of piperidine rings is 1. The molecule has 2 aromatic carbocycles. The fraction of sp³-hybridized carbons (Fsp3) is 0.444. The van der Waals surface area contributed by atoms with Crippen LogP contribution in [0.2, 0.25) is 0 Å². The summed E-state index contributed by atoms with van der Waals surface area (Å²) < 4.78 is 5.47. The van der Waals surface area contributed by atoms with Crippen LogP contribution in [0.4, 0.5) is 0 Å². The van der Waals surface area contributed by atoms with Crippen LogP contribution in [0.25, 0.3) is 10.8 Å². The lowest BCUT2D eigenvalue weighted by molar-refractivity contribution is -0.161. The van der Waals surface area contributed by atoms with E-state index in [2.05, 4.69) is 17.4 Å². The van der Waals surface area contributed by atoms with Crippen molar-refractivity contribution in [1.82, 2.24) is 10.2 Å². The third kappa shape index (κ3) is 3.71. The summed E-state index contributed by atoms with van der Waals surface area (Å²) in [7, 11) is 0. The Morgan fingerprint density at radius 1 is 1.15 bits per heavy atom. The quantitative estimate of drug-likeness (QED) is 0.679. The van der Waals surface area contributed by atoms with Gasteiger partial charge in [0.2, 0.25) is 11.8 Å². The van der Waals surface area contributed by atoms with E-state index in [-0.39, 0.29) is 24.2 Å². The van der Waals surface area contributed by atoms with E-state index in [9.17, 15) is 14.4 Å². The standard InChI is InChI=1S/C27H30N2O4/c1-2-33-26(32)27-13-12-19-10-6-14-29(24(19)27)25(31)21(16-27)15-23(30)28-17-20-9-5-8-18-7-3-4-11-22(18)20/h3-5,7-9,11,21H,2,6,10,12-17H2,1H3,(H,28,30)/t21-,27-/m1/s1. The number of amides is 2. The average molecular weight is 447 g/mol. The Kier molecular flexibility index (Phi) is 5.69. The summed E-state index contributed by atoms with van der Waals surface area (Å²) in [4.78, 5) is 41.2. The molecule has 0 unspecified atom stereocenters. The number of carbonyl (C=O) groups excluding carboxylic acids is 3. The summed E-state index contributed by atoms with van der Waals surface area (Å²) in [6, 6.07) is 14.1. The maximum atomic E-state index is 13.3. The smallest absolute Gasteiger partial charge is 0.318 e. The number of fused-ring (bicyclic) bond motifs is 1. The summed E-state index contributed by atoms with van der Waals surface area (Å²) in [6.07, 6.45) is 3.80. The van der Waals surface area contributed by atoms with E-state index in [4.69, 9.17) is 4.74 Å². The van der Waals surface area contributed by atoms with Gasteiger partial charge in [0.1, 0.15) is 5.41 Å². The molecular weight excluding hydrogens is 416 g/mol. The van der Waals surface area contributed by atoms with E-state index in [1.807, 2.05) is 37.3 Å². The normalized spacial score (nSPS) is 24.1. The van der Waals surface area contributed by atoms with Crippen molar-refractivity contribution in [3.63, 3.8) is 0 Å². The van der Waals surface area contributed by atoms with Gasteiger partial charge < -0.3 is 15.0 Å². The Labute approximate surface area is 194 Å². The molecule has 0 bridgehead atoms. The second kappa shape index (κ2) is 8.65. The van der Waals surface area contributed by atoms with Crippen molar-refractivity contribution in [2.75, 3.05) is 13.2 Å². The first-order valence-electron chi connectivity index (χ1n) is 12.0. The first kappa shape index (κ1) is 21.7. The highest BCUT2D eigenvalue weighted by Crippen LogP contribution is 2.55. The van der Waals surface area contributed by atoms with Gasteiger partial charge in [-0.1, -0.05) is 42.5 Å². The van der Waals surface area contributed by atoms with E-state index in [1.54, 1.807) is 4.90 Å². The number of esters is 1. The van der Waals surface area contributed by atoms with Crippen LogP contribution in [0, 0.1) is 11.3 Å². The summed E-state index contributed by atoms with van der Waals surface area (Å²) in [5, 5.41) is 5.24. The number of hydrogen-bond donors (Lipinski definition) is 1. The van der Waals surface area contributed by atoms with Gasteiger partial charge in [-0.3, -0.25) is 14.4 Å². The minimum Gasteiger partial charge on any atom is -0.465 e. The molecule has 0 aromatic heterocycles. The molecule has 0 spiro atoms. The van der Waals surface area contributed by atoms with Crippen molar-refractivity contribution in [1.29, 1.82) is 0 Å². The molecule has 172 valence electrons. The van der Waals surface area contributed by atoms with Crippen molar-refractivity contribution in [2.24, 2.45) is 11.3 Å². The van der Waals surface area contributed by atoms with Crippen molar-refractivity contribution in [3.8, 4) is 0 Å². The predicted molar refractivity (Wildman–Crippen MR) is 125 cm³/mol. The second-order valence-corrected chi connectivity index (χ2v) is 9.37. The van der Waals surface area contributed by atoms with Crippen LogP contribution < -0.4 is 5.32 Å². The summed E-state index contributed by atoms with van der Waals surface area (Å²) >= 11 is 0. The van der Waals surface area contributed by atoms with Gasteiger partial charge in [-0.2, -0.15) is 0 Å². The van der Waals surface area contributed by atoms with Crippen LogP contribution in [0.15, 0.2) is 53.7 Å². The maximum absolute atomic E-state index is 13.3. The maximum Gasteiger partial charge on any atom is 0.318 e. The van der Waals surface area contributed by atoms with Crippen LogP contribution in [0.5, 0.6) is 0 Å². The Hall–Kier alpha value is -3.15. The number of nitrogens with zero attached hydrogens (tertiary/aromatic N) is 1. The number of ether oxygens (including phenoxy) is 1. The molecule has 2 aliphatic heterocycles. The Morgan fingerprint density at radius 2 is 1.97 bits per heavy atom. The number of carbonyl (C=O) groups is 3. The lowest BCUT2D eigenvalue weighted by atomic mass is 9.71. The molecule has 3 aliphatic rings. The van der Waals surface area contributed by atoms with Crippen molar-refractivity contribution < 1.29 is 19.1 Å². The van der Waals surface area contributed by atoms with Gasteiger partial charge in [0.15, 0.2) is 0 Å². The van der Waals surface area contributed by atoms with Crippen molar-refractivity contribution >= 4 is 28.6 Å². The number of nitrogens with one attached hydrogen (secondary N) is 1. The van der Waals surface area contributed by atoms with Gasteiger partial charge in [-0.15, -0.1) is 0 Å². The highest BCUT2D eigenvalue weighted by molar-refractivity contribution is 5.93. The number of rotatable bonds is 6. The average Bonchev–Trinajstić information content (AvgIpc) is 3.22. The minimum absolute atomic E-state index is 0.0238. The fourth-order valence-corrected chi connectivity index (χ4v) is 5.99. The molecule has 6 heteroatoms. The molecular formula is C27H30N2O4. The van der Waals surface area contributed by atoms with E-state index >= 15 is 0 Å². The van der Waals surface area contributed by atoms with Crippen LogP contribution in [0.3, 0.4) is 0 Å². The van der Waals surface area contributed by atoms with Gasteiger partial charge in [-0.05, 0) is 60.9 Å². The molecule has 1 N–H and O–H groups in total. The largest absolute Gasteiger partial charge is 0.465 e. The van der Waals surface area contributed by atoms with Crippen molar-refractivity contribution in [2.45, 2.75) is 52.0 Å². The van der Waals surface area contributed by atoms with E-state index in [0.717, 1.165) is 41.3 Å². The van der Waals surface area contributed by atoms with E-state index in [1.165, 1.54) is 5.57 Å². The third-order valence-corrected chi connectivity index (χ3v) is 7.44. The SMILES string of the molecule is CCOC(=O)[C@@]12CCC3=C1N(CCC3)C(=O)[C@H](CC(=O)NCc1cccc3ccccc13)C2. The summed E-state index contributed by atoms with van der Waals surface area (Å²) in [5.41, 5.74) is 2.38.